The molecule has 0 radical (unpaired) electrons. The maximum Gasteiger partial charge on any atom is 0.201 e. The molecule has 3 aromatic carbocycles. The normalized spacial score (nSPS) is 15.0. The molecule has 1 aliphatic carbocycles. The molecule has 1 aliphatic rings. The molecule has 4 rings (SSSR count). The first-order valence-corrected chi connectivity index (χ1v) is 16.3. The zero-order chi connectivity index (χ0) is 30.6. The van der Waals surface area contributed by atoms with Gasteiger partial charge in [0.25, 0.3) is 0 Å². The Bertz CT molecular complexity index is 1350. The topological polar surface area (TPSA) is 9.23 Å². The second kappa shape index (κ2) is 16.7. The Balaban J connectivity index is 1.39. The van der Waals surface area contributed by atoms with Crippen molar-refractivity contribution >= 4 is 5.57 Å². The van der Waals surface area contributed by atoms with Crippen molar-refractivity contribution in [3.05, 3.63) is 83.4 Å². The van der Waals surface area contributed by atoms with E-state index in [1.165, 1.54) is 63.5 Å². The van der Waals surface area contributed by atoms with Gasteiger partial charge in [-0.25, -0.2) is 13.2 Å². The van der Waals surface area contributed by atoms with E-state index in [1.54, 1.807) is 36.4 Å². The first kappa shape index (κ1) is 32.8. The number of ether oxygens (including phenoxy) is 1. The minimum Gasteiger partial charge on any atom is -0.490 e. The standard InChI is InChI=1S/C38H46F4O/c1-3-5-7-8-9-10-12-26-43-34-25-24-33(37(41)38(34)42)30-20-18-29(19-21-30)32-23-22-31(35(39)36(32)40)28-16-14-27(15-17-28)13-11-6-4-2/h16,18-25,27H,3-15,17,26H2,1-2H3. The van der Waals surface area contributed by atoms with Crippen LogP contribution in [0.4, 0.5) is 17.6 Å². The van der Waals surface area contributed by atoms with E-state index in [0.29, 0.717) is 29.2 Å². The van der Waals surface area contributed by atoms with Crippen LogP contribution in [0.2, 0.25) is 0 Å². The molecular weight excluding hydrogens is 548 g/mol. The number of unbranched alkanes of at least 4 members (excludes halogenated alkanes) is 8. The van der Waals surface area contributed by atoms with Crippen molar-refractivity contribution in [3.8, 4) is 28.0 Å². The lowest BCUT2D eigenvalue weighted by molar-refractivity contribution is 0.285. The van der Waals surface area contributed by atoms with Gasteiger partial charge in [0, 0.05) is 16.7 Å². The summed E-state index contributed by atoms with van der Waals surface area (Å²) in [6, 6.07) is 12.6. The third-order valence-corrected chi connectivity index (χ3v) is 8.72. The molecule has 3 aromatic rings. The van der Waals surface area contributed by atoms with Gasteiger partial charge in [-0.3, -0.25) is 0 Å². The first-order chi connectivity index (χ1) is 20.9. The molecule has 0 heterocycles. The summed E-state index contributed by atoms with van der Waals surface area (Å²) in [5.41, 5.74) is 2.34. The lowest BCUT2D eigenvalue weighted by atomic mass is 9.83. The highest BCUT2D eigenvalue weighted by molar-refractivity contribution is 5.74. The third-order valence-electron chi connectivity index (χ3n) is 8.72. The summed E-state index contributed by atoms with van der Waals surface area (Å²) in [6.45, 7) is 4.72. The Hall–Kier alpha value is -3.08. The van der Waals surface area contributed by atoms with Crippen molar-refractivity contribution in [1.29, 1.82) is 0 Å². The lowest BCUT2D eigenvalue weighted by Gasteiger charge is -2.22. The van der Waals surface area contributed by atoms with Crippen LogP contribution in [0.5, 0.6) is 5.75 Å². The van der Waals surface area contributed by atoms with E-state index in [9.17, 15) is 8.78 Å². The van der Waals surface area contributed by atoms with Crippen molar-refractivity contribution in [2.45, 2.75) is 104 Å². The second-order valence-corrected chi connectivity index (χ2v) is 11.9. The highest BCUT2D eigenvalue weighted by atomic mass is 19.2. The van der Waals surface area contributed by atoms with Crippen molar-refractivity contribution in [2.75, 3.05) is 6.61 Å². The van der Waals surface area contributed by atoms with Crippen LogP contribution in [0, 0.1) is 29.2 Å². The van der Waals surface area contributed by atoms with Crippen molar-refractivity contribution in [1.82, 2.24) is 0 Å². The summed E-state index contributed by atoms with van der Waals surface area (Å²) in [4.78, 5) is 0. The minimum absolute atomic E-state index is 0.0894. The Labute approximate surface area is 255 Å². The average molecular weight is 595 g/mol. The molecule has 0 saturated heterocycles. The molecule has 43 heavy (non-hydrogen) atoms. The molecule has 1 unspecified atom stereocenters. The van der Waals surface area contributed by atoms with Gasteiger partial charge < -0.3 is 4.74 Å². The molecule has 0 fully saturated rings. The maximum absolute atomic E-state index is 15.3. The van der Waals surface area contributed by atoms with Gasteiger partial charge in [0.05, 0.1) is 6.61 Å². The highest BCUT2D eigenvalue weighted by Crippen LogP contribution is 2.37. The quantitative estimate of drug-likeness (QED) is 0.118. The number of benzene rings is 3. The first-order valence-electron chi connectivity index (χ1n) is 16.3. The largest absolute Gasteiger partial charge is 0.490 e. The summed E-state index contributed by atoms with van der Waals surface area (Å²) in [7, 11) is 0. The Morgan fingerprint density at radius 1 is 0.605 bits per heavy atom. The average Bonchev–Trinajstić information content (AvgIpc) is 3.02. The third kappa shape index (κ3) is 8.74. The number of hydrogen-bond acceptors (Lipinski definition) is 1. The smallest absolute Gasteiger partial charge is 0.201 e. The molecule has 0 spiro atoms. The van der Waals surface area contributed by atoms with Crippen molar-refractivity contribution in [3.63, 3.8) is 0 Å². The van der Waals surface area contributed by atoms with E-state index in [-0.39, 0.29) is 16.9 Å². The Morgan fingerprint density at radius 2 is 1.14 bits per heavy atom. The summed E-state index contributed by atoms with van der Waals surface area (Å²) >= 11 is 0. The van der Waals surface area contributed by atoms with Crippen LogP contribution in [-0.2, 0) is 0 Å². The molecule has 0 saturated carbocycles. The summed E-state index contributed by atoms with van der Waals surface area (Å²) in [6.07, 6.45) is 17.4. The summed E-state index contributed by atoms with van der Waals surface area (Å²) in [5.74, 6) is -3.20. The van der Waals surface area contributed by atoms with Crippen molar-refractivity contribution in [2.24, 2.45) is 5.92 Å². The fraction of sp³-hybridized carbons (Fsp3) is 0.474. The number of halogens is 4. The molecular formula is C38H46F4O. The van der Waals surface area contributed by atoms with E-state index < -0.39 is 23.3 Å². The van der Waals surface area contributed by atoms with Gasteiger partial charge in [-0.15, -0.1) is 0 Å². The summed E-state index contributed by atoms with van der Waals surface area (Å²) < 4.78 is 65.8. The van der Waals surface area contributed by atoms with Gasteiger partial charge in [-0.05, 0) is 60.4 Å². The molecule has 1 nitrogen and oxygen atoms in total. The molecule has 0 aliphatic heterocycles. The molecule has 0 amide bonds. The summed E-state index contributed by atoms with van der Waals surface area (Å²) in [5, 5.41) is 0. The van der Waals surface area contributed by atoms with E-state index in [2.05, 4.69) is 19.9 Å². The van der Waals surface area contributed by atoms with Crippen LogP contribution in [0.1, 0.15) is 109 Å². The van der Waals surface area contributed by atoms with Crippen LogP contribution in [0.15, 0.2) is 54.6 Å². The molecule has 232 valence electrons. The minimum atomic E-state index is -1.02. The van der Waals surface area contributed by atoms with E-state index in [4.69, 9.17) is 4.74 Å². The Morgan fingerprint density at radius 3 is 1.77 bits per heavy atom. The zero-order valence-electron chi connectivity index (χ0n) is 25.8. The van der Waals surface area contributed by atoms with Crippen LogP contribution in [-0.4, -0.2) is 6.61 Å². The van der Waals surface area contributed by atoms with Gasteiger partial charge >= 0.3 is 0 Å². The van der Waals surface area contributed by atoms with Gasteiger partial charge in [0.15, 0.2) is 23.2 Å². The zero-order valence-corrected chi connectivity index (χ0v) is 25.8. The van der Waals surface area contributed by atoms with Crippen molar-refractivity contribution < 1.29 is 22.3 Å². The van der Waals surface area contributed by atoms with Crippen LogP contribution < -0.4 is 4.74 Å². The number of hydrogen-bond donors (Lipinski definition) is 0. The van der Waals surface area contributed by atoms with Gasteiger partial charge in [-0.1, -0.05) is 121 Å². The van der Waals surface area contributed by atoms with Crippen LogP contribution in [0.25, 0.3) is 27.8 Å². The van der Waals surface area contributed by atoms with E-state index >= 15 is 8.78 Å². The predicted molar refractivity (Wildman–Crippen MR) is 170 cm³/mol. The monoisotopic (exact) mass is 594 g/mol. The molecule has 1 atom stereocenters. The fourth-order valence-electron chi connectivity index (χ4n) is 6.04. The number of allylic oxidation sites excluding steroid dienone is 2. The van der Waals surface area contributed by atoms with Crippen LogP contribution >= 0.6 is 0 Å². The fourth-order valence-corrected chi connectivity index (χ4v) is 6.04. The predicted octanol–water partition coefficient (Wildman–Crippen LogP) is 12.5. The maximum atomic E-state index is 15.3. The van der Waals surface area contributed by atoms with Gasteiger partial charge in [-0.2, -0.15) is 4.39 Å². The van der Waals surface area contributed by atoms with E-state index in [0.717, 1.165) is 44.1 Å². The molecule has 5 heteroatoms. The Kier molecular flexibility index (Phi) is 12.7. The second-order valence-electron chi connectivity index (χ2n) is 11.9. The van der Waals surface area contributed by atoms with E-state index in [1.807, 2.05) is 0 Å². The molecule has 0 bridgehead atoms. The van der Waals surface area contributed by atoms with Crippen LogP contribution in [0.3, 0.4) is 0 Å². The molecule has 0 N–H and O–H groups in total. The van der Waals surface area contributed by atoms with Gasteiger partial charge in [0.2, 0.25) is 5.82 Å². The highest BCUT2D eigenvalue weighted by Gasteiger charge is 2.21. The van der Waals surface area contributed by atoms with Gasteiger partial charge in [0.1, 0.15) is 0 Å². The molecule has 0 aromatic heterocycles. The lowest BCUT2D eigenvalue weighted by Crippen LogP contribution is -2.07. The number of rotatable bonds is 16. The SMILES string of the molecule is CCCCCCCCCOc1ccc(-c2ccc(-c3ccc(C4=CCC(CCCCC)CC4)c(F)c3F)cc2)c(F)c1F.